The Morgan fingerprint density at radius 1 is 1.25 bits per heavy atom. The van der Waals surface area contributed by atoms with E-state index in [2.05, 4.69) is 4.99 Å². The third-order valence-corrected chi connectivity index (χ3v) is 1.70. The van der Waals surface area contributed by atoms with Crippen molar-refractivity contribution in [2.24, 2.45) is 4.99 Å². The van der Waals surface area contributed by atoms with Gasteiger partial charge in [-0.1, -0.05) is 18.2 Å². The van der Waals surface area contributed by atoms with Gasteiger partial charge in [0.1, 0.15) is 13.0 Å². The smallest absolute Gasteiger partial charge is 0.137 e. The average Bonchev–Trinajstić information content (AvgIpc) is 2.53. The van der Waals surface area contributed by atoms with Gasteiger partial charge >= 0.3 is 0 Å². The van der Waals surface area contributed by atoms with Crippen molar-refractivity contribution in [2.75, 3.05) is 11.7 Å². The molecule has 1 aliphatic heterocycles. The molecule has 0 radical (unpaired) electrons. The Balaban J connectivity index is 2.22. The monoisotopic (exact) mass is 163 g/mol. The van der Waals surface area contributed by atoms with Gasteiger partial charge in [-0.05, 0) is 12.1 Å². The van der Waals surface area contributed by atoms with Gasteiger partial charge in [-0.3, -0.25) is 5.21 Å². The molecule has 0 unspecified atom stereocenters. The number of benzene rings is 1. The SMILES string of the molecule is ON1C=NCN1c1ccccc1. The Hall–Kier alpha value is -1.55. The molecule has 0 atom stereocenters. The summed E-state index contributed by atoms with van der Waals surface area (Å²) in [5.74, 6) is 0. The topological polar surface area (TPSA) is 39.1 Å². The first-order valence-corrected chi connectivity index (χ1v) is 3.68. The molecule has 4 nitrogen and oxygen atoms in total. The molecule has 0 aliphatic carbocycles. The van der Waals surface area contributed by atoms with E-state index in [9.17, 15) is 5.21 Å². The Morgan fingerprint density at radius 2 is 2.00 bits per heavy atom. The summed E-state index contributed by atoms with van der Waals surface area (Å²) in [6.45, 7) is 0.473. The Bertz CT molecular complexity index is 286. The van der Waals surface area contributed by atoms with E-state index in [4.69, 9.17) is 0 Å². The van der Waals surface area contributed by atoms with Gasteiger partial charge in [0.2, 0.25) is 0 Å². The molecule has 4 heteroatoms. The number of aliphatic imine (C=N–C) groups is 1. The van der Waals surface area contributed by atoms with Crippen molar-refractivity contribution in [3.05, 3.63) is 30.3 Å². The molecule has 0 spiro atoms. The lowest BCUT2D eigenvalue weighted by atomic mass is 10.3. The summed E-state index contributed by atoms with van der Waals surface area (Å²) in [4.78, 5) is 3.90. The second-order valence-corrected chi connectivity index (χ2v) is 2.49. The van der Waals surface area contributed by atoms with E-state index in [1.807, 2.05) is 30.3 Å². The molecule has 0 bridgehead atoms. The molecule has 12 heavy (non-hydrogen) atoms. The third kappa shape index (κ3) is 1.12. The van der Waals surface area contributed by atoms with Gasteiger partial charge in [0.25, 0.3) is 0 Å². The Labute approximate surface area is 70.3 Å². The zero-order valence-corrected chi connectivity index (χ0v) is 6.46. The van der Waals surface area contributed by atoms with Crippen molar-refractivity contribution in [3.63, 3.8) is 0 Å². The number of rotatable bonds is 1. The van der Waals surface area contributed by atoms with Gasteiger partial charge < -0.3 is 0 Å². The number of nitrogens with zero attached hydrogens (tertiary/aromatic N) is 3. The molecule has 0 aromatic heterocycles. The van der Waals surface area contributed by atoms with Crippen molar-refractivity contribution in [1.29, 1.82) is 0 Å². The standard InChI is InChI=1S/C8H9N3O/c12-11-7-9-6-10(11)8-4-2-1-3-5-8/h1-5,7,12H,6H2. The fourth-order valence-corrected chi connectivity index (χ4v) is 1.11. The predicted molar refractivity (Wildman–Crippen MR) is 45.9 cm³/mol. The molecule has 2 rings (SSSR count). The molecule has 0 amide bonds. The summed E-state index contributed by atoms with van der Waals surface area (Å²) >= 11 is 0. The van der Waals surface area contributed by atoms with Gasteiger partial charge in [-0.2, -0.15) is 0 Å². The Morgan fingerprint density at radius 3 is 2.58 bits per heavy atom. The molecular formula is C8H9N3O. The maximum atomic E-state index is 9.25. The molecule has 1 aliphatic rings. The van der Waals surface area contributed by atoms with Crippen molar-refractivity contribution >= 4 is 12.0 Å². The molecule has 1 aromatic rings. The van der Waals surface area contributed by atoms with Crippen LogP contribution in [0.2, 0.25) is 0 Å². The minimum absolute atomic E-state index is 0.473. The van der Waals surface area contributed by atoms with Gasteiger partial charge in [-0.15, -0.1) is 5.17 Å². The summed E-state index contributed by atoms with van der Waals surface area (Å²) in [6, 6.07) is 9.60. The minimum atomic E-state index is 0.473. The van der Waals surface area contributed by atoms with Gasteiger partial charge in [0, 0.05) is 0 Å². The number of anilines is 1. The van der Waals surface area contributed by atoms with Gasteiger partial charge in [0.05, 0.1) is 5.69 Å². The molecule has 0 saturated heterocycles. The van der Waals surface area contributed by atoms with Crippen molar-refractivity contribution in [2.45, 2.75) is 0 Å². The summed E-state index contributed by atoms with van der Waals surface area (Å²) in [5, 5.41) is 11.9. The highest BCUT2D eigenvalue weighted by Gasteiger charge is 2.14. The van der Waals surface area contributed by atoms with Crippen molar-refractivity contribution in [3.8, 4) is 0 Å². The van der Waals surface area contributed by atoms with E-state index in [-0.39, 0.29) is 0 Å². The van der Waals surface area contributed by atoms with E-state index in [0.29, 0.717) is 6.67 Å². The third-order valence-electron chi connectivity index (χ3n) is 1.70. The van der Waals surface area contributed by atoms with E-state index in [1.54, 1.807) is 5.01 Å². The number of hydrogen-bond acceptors (Lipinski definition) is 4. The number of hydroxylamine groups is 1. The maximum Gasteiger partial charge on any atom is 0.137 e. The van der Waals surface area contributed by atoms with Gasteiger partial charge in [-0.25, -0.2) is 10.0 Å². The largest absolute Gasteiger partial charge is 0.268 e. The van der Waals surface area contributed by atoms with Crippen LogP contribution in [0, 0.1) is 0 Å². The molecule has 62 valence electrons. The fraction of sp³-hybridized carbons (Fsp3) is 0.125. The fourth-order valence-electron chi connectivity index (χ4n) is 1.11. The highest BCUT2D eigenvalue weighted by molar-refractivity contribution is 5.62. The van der Waals surface area contributed by atoms with Crippen LogP contribution in [0.1, 0.15) is 0 Å². The van der Waals surface area contributed by atoms with Crippen molar-refractivity contribution in [1.82, 2.24) is 5.17 Å². The average molecular weight is 163 g/mol. The first-order chi connectivity index (χ1) is 5.88. The maximum absolute atomic E-state index is 9.25. The number of hydrogen-bond donors (Lipinski definition) is 1. The summed E-state index contributed by atoms with van der Waals surface area (Å²) in [7, 11) is 0. The molecule has 1 aromatic carbocycles. The lowest BCUT2D eigenvalue weighted by molar-refractivity contribution is -0.0116. The van der Waals surface area contributed by atoms with Crippen LogP contribution in [0.15, 0.2) is 35.3 Å². The van der Waals surface area contributed by atoms with E-state index >= 15 is 0 Å². The highest BCUT2D eigenvalue weighted by Crippen LogP contribution is 2.15. The zero-order chi connectivity index (χ0) is 8.39. The zero-order valence-electron chi connectivity index (χ0n) is 6.46. The lowest BCUT2D eigenvalue weighted by Crippen LogP contribution is -2.34. The number of para-hydroxylation sites is 1. The summed E-state index contributed by atoms with van der Waals surface area (Å²) in [5.41, 5.74) is 0.928. The van der Waals surface area contributed by atoms with Crippen LogP contribution in [0.3, 0.4) is 0 Å². The van der Waals surface area contributed by atoms with E-state index in [0.717, 1.165) is 10.9 Å². The normalized spacial score (nSPS) is 15.8. The molecular weight excluding hydrogens is 154 g/mol. The van der Waals surface area contributed by atoms with Crippen LogP contribution in [0.5, 0.6) is 0 Å². The van der Waals surface area contributed by atoms with Crippen LogP contribution < -0.4 is 5.01 Å². The first-order valence-electron chi connectivity index (χ1n) is 3.68. The van der Waals surface area contributed by atoms with Crippen LogP contribution in [0.25, 0.3) is 0 Å². The van der Waals surface area contributed by atoms with Crippen molar-refractivity contribution < 1.29 is 5.21 Å². The molecule has 1 heterocycles. The summed E-state index contributed by atoms with van der Waals surface area (Å²) < 4.78 is 0. The quantitative estimate of drug-likeness (QED) is 0.673. The van der Waals surface area contributed by atoms with E-state index < -0.39 is 0 Å². The molecule has 1 N–H and O–H groups in total. The highest BCUT2D eigenvalue weighted by atomic mass is 16.6. The minimum Gasteiger partial charge on any atom is -0.268 e. The number of hydrazine groups is 1. The van der Waals surface area contributed by atoms with Gasteiger partial charge in [0.15, 0.2) is 0 Å². The van der Waals surface area contributed by atoms with Crippen LogP contribution in [-0.2, 0) is 0 Å². The second-order valence-electron chi connectivity index (χ2n) is 2.49. The lowest BCUT2D eigenvalue weighted by Gasteiger charge is -2.22. The predicted octanol–water partition coefficient (Wildman–Crippen LogP) is 1.10. The van der Waals surface area contributed by atoms with Crippen LogP contribution in [-0.4, -0.2) is 23.4 Å². The second kappa shape index (κ2) is 2.83. The molecule has 0 saturated carbocycles. The molecule has 0 fully saturated rings. The Kier molecular flexibility index (Phi) is 1.68. The summed E-state index contributed by atoms with van der Waals surface area (Å²) in [6.07, 6.45) is 1.38. The van der Waals surface area contributed by atoms with Crippen LogP contribution >= 0.6 is 0 Å². The van der Waals surface area contributed by atoms with E-state index in [1.165, 1.54) is 6.34 Å². The first kappa shape index (κ1) is 7.12. The van der Waals surface area contributed by atoms with Crippen LogP contribution in [0.4, 0.5) is 5.69 Å².